The molecule has 0 amide bonds. The van der Waals surface area contributed by atoms with Crippen molar-refractivity contribution in [2.24, 2.45) is 0 Å². The fourth-order valence-corrected chi connectivity index (χ4v) is 8.52. The summed E-state index contributed by atoms with van der Waals surface area (Å²) in [5.41, 5.74) is 8.60. The molecule has 1 nitrogen and oxygen atoms in total. The zero-order valence-electron chi connectivity index (χ0n) is 26.4. The SMILES string of the molecule is CC(C)c1cc2ccccc2c2c1sc1c(Nc3ccc(-c4ccc5cc(-c6ccc7ccccc7c6)ccc5c4)cc3)cccc12. The number of hydrogen-bond acceptors (Lipinski definition) is 2. The minimum atomic E-state index is 0.459. The molecule has 47 heavy (non-hydrogen) atoms. The number of hydrogen-bond donors (Lipinski definition) is 1. The van der Waals surface area contributed by atoms with E-state index in [1.54, 1.807) is 0 Å². The third-order valence-electron chi connectivity index (χ3n) is 9.56. The predicted molar refractivity (Wildman–Crippen MR) is 207 cm³/mol. The van der Waals surface area contributed by atoms with E-state index in [1.807, 2.05) is 11.3 Å². The van der Waals surface area contributed by atoms with Crippen molar-refractivity contribution in [2.75, 3.05) is 5.32 Å². The lowest BCUT2D eigenvalue weighted by Gasteiger charge is -2.10. The van der Waals surface area contributed by atoms with Crippen LogP contribution in [0.1, 0.15) is 25.3 Å². The molecule has 0 fully saturated rings. The largest absolute Gasteiger partial charge is 0.354 e. The quantitative estimate of drug-likeness (QED) is 0.202. The van der Waals surface area contributed by atoms with Crippen molar-refractivity contribution in [2.45, 2.75) is 19.8 Å². The number of benzene rings is 8. The molecule has 1 N–H and O–H groups in total. The first-order chi connectivity index (χ1) is 23.1. The second kappa shape index (κ2) is 11.1. The van der Waals surface area contributed by atoms with E-state index in [9.17, 15) is 0 Å². The van der Waals surface area contributed by atoms with Crippen molar-refractivity contribution in [1.82, 2.24) is 0 Å². The van der Waals surface area contributed by atoms with Gasteiger partial charge in [0.25, 0.3) is 0 Å². The Balaban J connectivity index is 1.02. The molecule has 0 saturated heterocycles. The molecule has 0 spiro atoms. The van der Waals surface area contributed by atoms with Crippen LogP contribution in [0.2, 0.25) is 0 Å². The Morgan fingerprint density at radius 3 is 1.70 bits per heavy atom. The van der Waals surface area contributed by atoms with E-state index in [0.29, 0.717) is 5.92 Å². The summed E-state index contributed by atoms with van der Waals surface area (Å²) in [5.74, 6) is 0.459. The minimum Gasteiger partial charge on any atom is -0.354 e. The average Bonchev–Trinajstić information content (AvgIpc) is 3.52. The van der Waals surface area contributed by atoms with Gasteiger partial charge in [-0.05, 0) is 109 Å². The predicted octanol–water partition coefficient (Wildman–Crippen LogP) is 13.7. The molecule has 0 aliphatic carbocycles. The van der Waals surface area contributed by atoms with Crippen LogP contribution >= 0.6 is 11.3 Å². The van der Waals surface area contributed by atoms with Crippen LogP contribution < -0.4 is 5.32 Å². The number of thiophene rings is 1. The molecule has 2 heteroatoms. The molecule has 0 aliphatic rings. The van der Waals surface area contributed by atoms with Gasteiger partial charge in [0.05, 0.1) is 10.4 Å². The molecule has 8 aromatic carbocycles. The third-order valence-corrected chi connectivity index (χ3v) is 10.8. The molecule has 0 unspecified atom stereocenters. The van der Waals surface area contributed by atoms with Gasteiger partial charge in [-0.1, -0.05) is 123 Å². The van der Waals surface area contributed by atoms with Gasteiger partial charge in [0.1, 0.15) is 0 Å². The van der Waals surface area contributed by atoms with Crippen molar-refractivity contribution in [1.29, 1.82) is 0 Å². The van der Waals surface area contributed by atoms with Gasteiger partial charge < -0.3 is 5.32 Å². The topological polar surface area (TPSA) is 12.0 Å². The summed E-state index contributed by atoms with van der Waals surface area (Å²) in [7, 11) is 0. The number of rotatable bonds is 5. The van der Waals surface area contributed by atoms with Gasteiger partial charge in [-0.3, -0.25) is 0 Å². The summed E-state index contributed by atoms with van der Waals surface area (Å²) in [6, 6.07) is 55.6. The maximum atomic E-state index is 3.76. The lowest BCUT2D eigenvalue weighted by molar-refractivity contribution is 0.879. The molecule has 1 heterocycles. The van der Waals surface area contributed by atoms with Crippen molar-refractivity contribution in [3.63, 3.8) is 0 Å². The van der Waals surface area contributed by atoms with Gasteiger partial charge in [0.15, 0.2) is 0 Å². The van der Waals surface area contributed by atoms with Crippen LogP contribution in [0.3, 0.4) is 0 Å². The summed E-state index contributed by atoms with van der Waals surface area (Å²) < 4.78 is 2.71. The first-order valence-electron chi connectivity index (χ1n) is 16.4. The Morgan fingerprint density at radius 1 is 0.447 bits per heavy atom. The van der Waals surface area contributed by atoms with Gasteiger partial charge in [0, 0.05) is 21.2 Å². The smallest absolute Gasteiger partial charge is 0.0590 e. The molecule has 0 radical (unpaired) electrons. The Morgan fingerprint density at radius 2 is 1.00 bits per heavy atom. The third kappa shape index (κ3) is 4.85. The highest BCUT2D eigenvalue weighted by molar-refractivity contribution is 7.26. The minimum absolute atomic E-state index is 0.459. The lowest BCUT2D eigenvalue weighted by Crippen LogP contribution is -1.90. The van der Waals surface area contributed by atoms with Gasteiger partial charge in [-0.25, -0.2) is 0 Å². The van der Waals surface area contributed by atoms with Gasteiger partial charge in [0.2, 0.25) is 0 Å². The molecule has 1 aromatic heterocycles. The molecule has 0 aliphatic heterocycles. The summed E-state index contributed by atoms with van der Waals surface area (Å²) >= 11 is 1.92. The van der Waals surface area contributed by atoms with E-state index in [0.717, 1.165) is 11.4 Å². The van der Waals surface area contributed by atoms with Gasteiger partial charge in [-0.15, -0.1) is 11.3 Å². The maximum Gasteiger partial charge on any atom is 0.0590 e. The Kier molecular flexibility index (Phi) is 6.58. The van der Waals surface area contributed by atoms with E-state index >= 15 is 0 Å². The lowest BCUT2D eigenvalue weighted by atomic mass is 9.95. The number of anilines is 2. The first-order valence-corrected chi connectivity index (χ1v) is 17.2. The number of fused-ring (bicyclic) bond motifs is 7. The Bertz CT molecular complexity index is 2620. The average molecular weight is 620 g/mol. The molecule has 0 saturated carbocycles. The molecule has 224 valence electrons. The fraction of sp³-hybridized carbons (Fsp3) is 0.0667. The van der Waals surface area contributed by atoms with Crippen molar-refractivity contribution in [3.8, 4) is 22.3 Å². The molecule has 9 aromatic rings. The molecule has 0 bridgehead atoms. The zero-order chi connectivity index (χ0) is 31.5. The standard InChI is InChI=1S/C45H33NS/c1-28(2)41-27-37-10-5-6-11-39(37)43-40-12-7-13-42(44(40)47-45(41)43)46-38-22-20-30(21-23-38)32-16-17-35-26-36(19-18-34(35)25-32)33-15-14-29-8-3-4-9-31(29)24-33/h3-28,46H,1-2H3. The van der Waals surface area contributed by atoms with Gasteiger partial charge in [-0.2, -0.15) is 0 Å². The summed E-state index contributed by atoms with van der Waals surface area (Å²) in [5, 5.41) is 14.2. The highest BCUT2D eigenvalue weighted by Gasteiger charge is 2.17. The molecule has 0 atom stereocenters. The second-order valence-corrected chi connectivity index (χ2v) is 13.9. The molecule has 9 rings (SSSR count). The Labute approximate surface area is 278 Å². The van der Waals surface area contributed by atoms with Crippen LogP contribution in [0.15, 0.2) is 152 Å². The maximum absolute atomic E-state index is 3.76. The van der Waals surface area contributed by atoms with Gasteiger partial charge >= 0.3 is 0 Å². The van der Waals surface area contributed by atoms with Crippen LogP contribution in [-0.4, -0.2) is 0 Å². The van der Waals surface area contributed by atoms with E-state index in [2.05, 4.69) is 171 Å². The van der Waals surface area contributed by atoms with Crippen LogP contribution in [0.4, 0.5) is 11.4 Å². The second-order valence-electron chi connectivity index (χ2n) is 12.9. The van der Waals surface area contributed by atoms with E-state index in [-0.39, 0.29) is 0 Å². The van der Waals surface area contributed by atoms with Crippen LogP contribution in [0.5, 0.6) is 0 Å². The van der Waals surface area contributed by atoms with E-state index in [4.69, 9.17) is 0 Å². The first kappa shape index (κ1) is 27.8. The van der Waals surface area contributed by atoms with Crippen LogP contribution in [-0.2, 0) is 0 Å². The highest BCUT2D eigenvalue weighted by atomic mass is 32.1. The van der Waals surface area contributed by atoms with Crippen molar-refractivity contribution < 1.29 is 0 Å². The van der Waals surface area contributed by atoms with E-state index in [1.165, 1.54) is 80.3 Å². The van der Waals surface area contributed by atoms with Crippen LogP contribution in [0, 0.1) is 0 Å². The molecular weight excluding hydrogens is 587 g/mol. The normalized spacial score (nSPS) is 11.8. The summed E-state index contributed by atoms with van der Waals surface area (Å²) in [4.78, 5) is 0. The number of nitrogens with one attached hydrogen (secondary N) is 1. The summed E-state index contributed by atoms with van der Waals surface area (Å²) in [6.45, 7) is 4.60. The van der Waals surface area contributed by atoms with Crippen molar-refractivity contribution in [3.05, 3.63) is 157 Å². The fourth-order valence-electron chi connectivity index (χ4n) is 7.08. The van der Waals surface area contributed by atoms with E-state index < -0.39 is 0 Å². The Hall–Kier alpha value is -5.44. The van der Waals surface area contributed by atoms with Crippen LogP contribution in [0.25, 0.3) is 74.7 Å². The highest BCUT2D eigenvalue weighted by Crippen LogP contribution is 2.45. The molecular formula is C45H33NS. The summed E-state index contributed by atoms with van der Waals surface area (Å²) in [6.07, 6.45) is 0. The zero-order valence-corrected chi connectivity index (χ0v) is 27.2. The van der Waals surface area contributed by atoms with Crippen molar-refractivity contribution >= 4 is 75.2 Å². The monoisotopic (exact) mass is 619 g/mol.